The Hall–Kier alpha value is -2.56. The highest BCUT2D eigenvalue weighted by atomic mass is 16.3. The number of hydrogen-bond acceptors (Lipinski definition) is 3. The molecule has 1 aromatic heterocycles. The maximum absolute atomic E-state index is 12.5. The zero-order chi connectivity index (χ0) is 18.9. The second-order valence-electron chi connectivity index (χ2n) is 6.79. The molecule has 0 bridgehead atoms. The molecule has 0 aliphatic carbocycles. The molecule has 0 aliphatic rings. The van der Waals surface area contributed by atoms with Crippen LogP contribution in [0, 0.1) is 5.92 Å². The van der Waals surface area contributed by atoms with Crippen molar-refractivity contribution in [3.8, 4) is 0 Å². The van der Waals surface area contributed by atoms with Crippen LogP contribution in [-0.2, 0) is 17.8 Å². The zero-order valence-corrected chi connectivity index (χ0v) is 15.7. The quantitative estimate of drug-likeness (QED) is 0.720. The van der Waals surface area contributed by atoms with E-state index in [-0.39, 0.29) is 17.7 Å². The van der Waals surface area contributed by atoms with Gasteiger partial charge in [-0.3, -0.25) is 9.59 Å². The lowest BCUT2D eigenvalue weighted by atomic mass is 10.0. The van der Waals surface area contributed by atoms with Crippen LogP contribution in [0.15, 0.2) is 47.1 Å². The minimum atomic E-state index is -0.600. The average molecular weight is 356 g/mol. The van der Waals surface area contributed by atoms with Crippen LogP contribution in [0.25, 0.3) is 0 Å². The Bertz CT molecular complexity index is 691. The van der Waals surface area contributed by atoms with E-state index in [4.69, 9.17) is 4.42 Å². The van der Waals surface area contributed by atoms with Crippen LogP contribution in [-0.4, -0.2) is 17.9 Å². The molecule has 0 saturated heterocycles. The van der Waals surface area contributed by atoms with Crippen LogP contribution in [0.5, 0.6) is 0 Å². The Kier molecular flexibility index (Phi) is 7.45. The number of aryl methyl sites for hydroxylation is 1. The van der Waals surface area contributed by atoms with Gasteiger partial charge >= 0.3 is 0 Å². The standard InChI is InChI=1S/C21H28N2O3/c1-4-5-7-16-9-11-17(12-10-16)20(24)23-19(15(2)3)21(25)22-14-18-8-6-13-26-18/h6,8-13,15,19H,4-5,7,14H2,1-3H3,(H,22,25)(H,23,24). The van der Waals surface area contributed by atoms with Gasteiger partial charge in [0.25, 0.3) is 5.91 Å². The molecule has 140 valence electrons. The van der Waals surface area contributed by atoms with Crippen molar-refractivity contribution in [2.45, 2.75) is 52.6 Å². The molecular weight excluding hydrogens is 328 g/mol. The summed E-state index contributed by atoms with van der Waals surface area (Å²) in [5, 5.41) is 5.65. The van der Waals surface area contributed by atoms with Gasteiger partial charge in [0.2, 0.25) is 5.91 Å². The molecule has 0 saturated carbocycles. The first-order chi connectivity index (χ1) is 12.5. The minimum absolute atomic E-state index is 0.0284. The number of carbonyl (C=O) groups excluding carboxylic acids is 2. The predicted molar refractivity (Wildman–Crippen MR) is 102 cm³/mol. The van der Waals surface area contributed by atoms with Crippen molar-refractivity contribution in [2.24, 2.45) is 5.92 Å². The first-order valence-electron chi connectivity index (χ1n) is 9.21. The fraction of sp³-hybridized carbons (Fsp3) is 0.429. The first-order valence-corrected chi connectivity index (χ1v) is 9.21. The average Bonchev–Trinajstić information content (AvgIpc) is 3.16. The number of benzene rings is 1. The fourth-order valence-electron chi connectivity index (χ4n) is 2.66. The van der Waals surface area contributed by atoms with Gasteiger partial charge in [0, 0.05) is 5.56 Å². The van der Waals surface area contributed by atoms with Gasteiger partial charge in [-0.15, -0.1) is 0 Å². The summed E-state index contributed by atoms with van der Waals surface area (Å²) in [5.74, 6) is 0.192. The molecule has 5 heteroatoms. The topological polar surface area (TPSA) is 71.3 Å². The molecule has 0 spiro atoms. The molecule has 2 aromatic rings. The van der Waals surface area contributed by atoms with Gasteiger partial charge in [-0.1, -0.05) is 39.3 Å². The second-order valence-corrected chi connectivity index (χ2v) is 6.79. The summed E-state index contributed by atoms with van der Waals surface area (Å²) in [6.07, 6.45) is 4.86. The molecule has 0 aliphatic heterocycles. The third-order valence-electron chi connectivity index (χ3n) is 4.29. The van der Waals surface area contributed by atoms with Gasteiger partial charge in [0.05, 0.1) is 12.8 Å². The molecule has 0 radical (unpaired) electrons. The fourth-order valence-corrected chi connectivity index (χ4v) is 2.66. The highest BCUT2D eigenvalue weighted by Gasteiger charge is 2.24. The smallest absolute Gasteiger partial charge is 0.251 e. The maximum atomic E-state index is 12.5. The molecule has 2 rings (SSSR count). The summed E-state index contributed by atoms with van der Waals surface area (Å²) in [5.41, 5.74) is 1.79. The van der Waals surface area contributed by atoms with Crippen LogP contribution in [0.2, 0.25) is 0 Å². The summed E-state index contributed by atoms with van der Waals surface area (Å²) in [6, 6.07) is 10.6. The van der Waals surface area contributed by atoms with E-state index in [0.29, 0.717) is 17.9 Å². The lowest BCUT2D eigenvalue weighted by Gasteiger charge is -2.21. The zero-order valence-electron chi connectivity index (χ0n) is 15.7. The van der Waals surface area contributed by atoms with Crippen molar-refractivity contribution in [3.05, 3.63) is 59.5 Å². The molecule has 26 heavy (non-hydrogen) atoms. The Morgan fingerprint density at radius 2 is 1.85 bits per heavy atom. The van der Waals surface area contributed by atoms with Crippen LogP contribution < -0.4 is 10.6 Å². The van der Waals surface area contributed by atoms with Crippen LogP contribution in [0.1, 0.15) is 55.3 Å². The van der Waals surface area contributed by atoms with E-state index in [1.807, 2.05) is 38.1 Å². The van der Waals surface area contributed by atoms with Crippen molar-refractivity contribution in [2.75, 3.05) is 0 Å². The predicted octanol–water partition coefficient (Wildman–Crippen LogP) is 3.69. The highest BCUT2D eigenvalue weighted by molar-refractivity contribution is 5.97. The normalized spacial score (nSPS) is 12.0. The molecule has 5 nitrogen and oxygen atoms in total. The van der Waals surface area contributed by atoms with Crippen molar-refractivity contribution < 1.29 is 14.0 Å². The first kappa shape index (κ1) is 19.8. The number of amides is 2. The highest BCUT2D eigenvalue weighted by Crippen LogP contribution is 2.10. The van der Waals surface area contributed by atoms with Gasteiger partial charge in [0.1, 0.15) is 11.8 Å². The molecule has 1 atom stereocenters. The molecule has 0 fully saturated rings. The lowest BCUT2D eigenvalue weighted by molar-refractivity contribution is -0.124. The second kappa shape index (κ2) is 9.80. The SMILES string of the molecule is CCCCc1ccc(C(=O)NC(C(=O)NCc2ccco2)C(C)C)cc1. The Morgan fingerprint density at radius 3 is 2.42 bits per heavy atom. The number of rotatable bonds is 9. The van der Waals surface area contributed by atoms with Gasteiger partial charge in [0.15, 0.2) is 0 Å². The Balaban J connectivity index is 1.95. The summed E-state index contributed by atoms with van der Waals surface area (Å²) in [7, 11) is 0. The minimum Gasteiger partial charge on any atom is -0.467 e. The summed E-state index contributed by atoms with van der Waals surface area (Å²) < 4.78 is 5.21. The van der Waals surface area contributed by atoms with Crippen LogP contribution in [0.4, 0.5) is 0 Å². The summed E-state index contributed by atoms with van der Waals surface area (Å²) in [4.78, 5) is 25.0. The van der Waals surface area contributed by atoms with E-state index in [2.05, 4.69) is 17.6 Å². The molecule has 1 heterocycles. The third-order valence-corrected chi connectivity index (χ3v) is 4.29. The van der Waals surface area contributed by atoms with E-state index in [9.17, 15) is 9.59 Å². The summed E-state index contributed by atoms with van der Waals surface area (Å²) >= 11 is 0. The molecule has 2 N–H and O–H groups in total. The van der Waals surface area contributed by atoms with Gasteiger partial charge in [-0.05, 0) is 48.6 Å². The Morgan fingerprint density at radius 1 is 1.12 bits per heavy atom. The van der Waals surface area contributed by atoms with E-state index in [1.165, 1.54) is 5.56 Å². The lowest BCUT2D eigenvalue weighted by Crippen LogP contribution is -2.49. The Labute approximate surface area is 155 Å². The van der Waals surface area contributed by atoms with Crippen LogP contribution in [0.3, 0.4) is 0 Å². The molecule has 1 aromatic carbocycles. The number of nitrogens with one attached hydrogen (secondary N) is 2. The number of furan rings is 1. The van der Waals surface area contributed by atoms with Gasteiger partial charge in [-0.25, -0.2) is 0 Å². The van der Waals surface area contributed by atoms with Crippen LogP contribution >= 0.6 is 0 Å². The largest absolute Gasteiger partial charge is 0.467 e. The molecular formula is C21H28N2O3. The van der Waals surface area contributed by atoms with Crippen molar-refractivity contribution in [3.63, 3.8) is 0 Å². The van der Waals surface area contributed by atoms with Gasteiger partial charge < -0.3 is 15.1 Å². The maximum Gasteiger partial charge on any atom is 0.251 e. The van der Waals surface area contributed by atoms with Gasteiger partial charge in [-0.2, -0.15) is 0 Å². The van der Waals surface area contributed by atoms with Crippen molar-refractivity contribution >= 4 is 11.8 Å². The van der Waals surface area contributed by atoms with E-state index < -0.39 is 6.04 Å². The van der Waals surface area contributed by atoms with Crippen molar-refractivity contribution in [1.29, 1.82) is 0 Å². The van der Waals surface area contributed by atoms with E-state index >= 15 is 0 Å². The number of carbonyl (C=O) groups is 2. The van der Waals surface area contributed by atoms with E-state index in [1.54, 1.807) is 18.4 Å². The molecule has 1 unspecified atom stereocenters. The summed E-state index contributed by atoms with van der Waals surface area (Å²) in [6.45, 7) is 6.28. The molecule has 2 amide bonds. The number of unbranched alkanes of at least 4 members (excludes halogenated alkanes) is 1. The van der Waals surface area contributed by atoms with E-state index in [0.717, 1.165) is 19.3 Å². The number of hydrogen-bond donors (Lipinski definition) is 2. The van der Waals surface area contributed by atoms with Crippen molar-refractivity contribution in [1.82, 2.24) is 10.6 Å². The third kappa shape index (κ3) is 5.76. The monoisotopic (exact) mass is 356 g/mol.